The average molecular weight is 955 g/mol. The molecular formula is C41H86N4O14S3. The second-order valence-corrected chi connectivity index (χ2v) is 24.8. The summed E-state index contributed by atoms with van der Waals surface area (Å²) in [5.41, 5.74) is -1.30. The SMILES string of the molecule is CCC(C)(C)C(=O)NCCC[N+](C)(C)CCCS(=O)(=O)[O-].CCC(C)(C)C(=O)OCC[N+](C)(C)CC(C)CS(=O)(=O)[O-].CCC(C)(C)C(=O)OCC[N+](C)(C)CCCS(=O)(=O)[O-]. The summed E-state index contributed by atoms with van der Waals surface area (Å²) in [4.78, 5) is 35.5. The third kappa shape index (κ3) is 35.4. The Balaban J connectivity index is -0.000000843. The number of carbonyl (C=O) groups is 3. The summed E-state index contributed by atoms with van der Waals surface area (Å²) in [6.45, 7) is 23.7. The van der Waals surface area contributed by atoms with Crippen molar-refractivity contribution in [2.45, 2.75) is 108 Å². The highest BCUT2D eigenvalue weighted by atomic mass is 32.2. The summed E-state index contributed by atoms with van der Waals surface area (Å²) in [7, 11) is -0.803. The van der Waals surface area contributed by atoms with Crippen LogP contribution < -0.4 is 5.32 Å². The first-order chi connectivity index (χ1) is 27.6. The molecule has 0 saturated carbocycles. The molecule has 0 spiro atoms. The standard InChI is InChI=1S/C14H30N2O4S.C14H29NO5S.C13H27NO5S/c1-6-14(2,3)13(17)15-9-7-10-16(4,5)11-8-12-21(18,19)20;1-7-14(3,4)13(16)20-9-8-15(5,6)10-12(2)11-21(17,18)19;1-6-13(2,3)12(15)19-10-9-14(4,5)8-7-11-20(16,17)18/h6-12H2,1-5H3,(H-,15,17,18,19,20);12H,7-11H2,1-6H3;6-11H2,1-5H3. The van der Waals surface area contributed by atoms with Gasteiger partial charge in [0.1, 0.15) is 26.3 Å². The molecule has 1 unspecified atom stereocenters. The van der Waals surface area contributed by atoms with E-state index in [1.165, 1.54) is 0 Å². The van der Waals surface area contributed by atoms with Gasteiger partial charge in [0, 0.05) is 54.4 Å². The molecule has 0 aliphatic heterocycles. The van der Waals surface area contributed by atoms with Crippen LogP contribution in [0.5, 0.6) is 0 Å². The Bertz CT molecular complexity index is 1680. The Kier molecular flexibility index (Phi) is 28.5. The third-order valence-electron chi connectivity index (χ3n) is 11.1. The topological polar surface area (TPSA) is 253 Å². The van der Waals surface area contributed by atoms with E-state index >= 15 is 0 Å². The molecule has 0 aromatic carbocycles. The molecule has 0 aromatic heterocycles. The highest BCUT2D eigenvalue weighted by molar-refractivity contribution is 7.86. The van der Waals surface area contributed by atoms with E-state index in [1.807, 2.05) is 105 Å². The van der Waals surface area contributed by atoms with Gasteiger partial charge in [0.15, 0.2) is 0 Å². The first-order valence-corrected chi connectivity index (χ1v) is 26.2. The molecule has 62 heavy (non-hydrogen) atoms. The predicted octanol–water partition coefficient (Wildman–Crippen LogP) is 3.14. The van der Waals surface area contributed by atoms with E-state index in [2.05, 4.69) is 5.32 Å². The Hall–Kier alpha value is -1.98. The van der Waals surface area contributed by atoms with Crippen LogP contribution in [0, 0.1) is 22.2 Å². The number of rotatable bonds is 28. The Morgan fingerprint density at radius 3 is 1.23 bits per heavy atom. The summed E-state index contributed by atoms with van der Waals surface area (Å²) < 4.78 is 108. The molecule has 1 atom stereocenters. The van der Waals surface area contributed by atoms with Crippen LogP contribution in [0.3, 0.4) is 0 Å². The first kappa shape index (κ1) is 64.3. The number of hydrogen-bond donors (Lipinski definition) is 1. The first-order valence-electron chi connectivity index (χ1n) is 21.5. The summed E-state index contributed by atoms with van der Waals surface area (Å²) in [6.07, 6.45) is 3.72. The fourth-order valence-electron chi connectivity index (χ4n) is 5.46. The van der Waals surface area contributed by atoms with Crippen LogP contribution in [0.15, 0.2) is 0 Å². The van der Waals surface area contributed by atoms with E-state index in [0.29, 0.717) is 85.0 Å². The zero-order chi connectivity index (χ0) is 49.7. The van der Waals surface area contributed by atoms with Crippen molar-refractivity contribution < 1.29 is 76.2 Å². The summed E-state index contributed by atoms with van der Waals surface area (Å²) in [6, 6.07) is 0. The van der Waals surface area contributed by atoms with Gasteiger partial charge in [-0.15, -0.1) is 0 Å². The normalized spacial score (nSPS) is 13.8. The van der Waals surface area contributed by atoms with Crippen molar-refractivity contribution in [2.24, 2.45) is 22.2 Å². The van der Waals surface area contributed by atoms with Crippen molar-refractivity contribution in [3.8, 4) is 0 Å². The zero-order valence-electron chi connectivity index (χ0n) is 41.1. The van der Waals surface area contributed by atoms with Gasteiger partial charge in [0.25, 0.3) is 0 Å². The highest BCUT2D eigenvalue weighted by Gasteiger charge is 2.30. The predicted molar refractivity (Wildman–Crippen MR) is 239 cm³/mol. The van der Waals surface area contributed by atoms with Gasteiger partial charge < -0.3 is 41.9 Å². The fraction of sp³-hybridized carbons (Fsp3) is 0.927. The number of ether oxygens (including phenoxy) is 2. The smallest absolute Gasteiger partial charge is 0.311 e. The lowest BCUT2D eigenvalue weighted by Crippen LogP contribution is -2.46. The molecule has 0 radical (unpaired) electrons. The molecule has 372 valence electrons. The van der Waals surface area contributed by atoms with Crippen LogP contribution in [0.2, 0.25) is 0 Å². The monoisotopic (exact) mass is 955 g/mol. The minimum Gasteiger partial charge on any atom is -0.748 e. The maximum absolute atomic E-state index is 11.9. The van der Waals surface area contributed by atoms with Gasteiger partial charge in [-0.05, 0) is 47.0 Å². The molecule has 1 N–H and O–H groups in total. The second kappa shape index (κ2) is 27.5. The number of esters is 2. The van der Waals surface area contributed by atoms with E-state index in [0.717, 1.165) is 19.4 Å². The number of quaternary nitrogens is 3. The van der Waals surface area contributed by atoms with Crippen molar-refractivity contribution in [3.63, 3.8) is 0 Å². The number of likely N-dealkylation sites (N-methyl/N-ethyl adjacent to an activating group) is 2. The molecule has 0 bridgehead atoms. The van der Waals surface area contributed by atoms with Crippen molar-refractivity contribution in [2.75, 3.05) is 119 Å². The molecule has 21 heteroatoms. The van der Waals surface area contributed by atoms with E-state index in [4.69, 9.17) is 9.47 Å². The maximum atomic E-state index is 11.9. The molecular weight excluding hydrogens is 869 g/mol. The van der Waals surface area contributed by atoms with Gasteiger partial charge in [-0.1, -0.05) is 41.5 Å². The molecule has 1 amide bonds. The van der Waals surface area contributed by atoms with E-state index in [-0.39, 0.29) is 53.0 Å². The fourth-order valence-corrected chi connectivity index (χ4v) is 7.23. The van der Waals surface area contributed by atoms with Gasteiger partial charge in [0.2, 0.25) is 5.91 Å². The Morgan fingerprint density at radius 2 is 0.887 bits per heavy atom. The van der Waals surface area contributed by atoms with Crippen LogP contribution in [-0.2, 0) is 54.2 Å². The maximum Gasteiger partial charge on any atom is 0.311 e. The van der Waals surface area contributed by atoms with E-state index in [1.54, 1.807) is 6.92 Å². The largest absolute Gasteiger partial charge is 0.748 e. The van der Waals surface area contributed by atoms with Crippen molar-refractivity contribution in [3.05, 3.63) is 0 Å². The van der Waals surface area contributed by atoms with Crippen LogP contribution in [0.25, 0.3) is 0 Å². The van der Waals surface area contributed by atoms with Gasteiger partial charge in [-0.3, -0.25) is 14.4 Å². The number of nitrogens with one attached hydrogen (secondary N) is 1. The lowest BCUT2D eigenvalue weighted by molar-refractivity contribution is -0.893. The van der Waals surface area contributed by atoms with Gasteiger partial charge in [-0.2, -0.15) is 0 Å². The Labute approximate surface area is 376 Å². The molecule has 0 aliphatic rings. The number of carbonyl (C=O) groups excluding carboxylic acids is 3. The van der Waals surface area contributed by atoms with Crippen LogP contribution in [-0.4, -0.2) is 189 Å². The lowest BCUT2D eigenvalue weighted by atomic mass is 9.89. The lowest BCUT2D eigenvalue weighted by Gasteiger charge is -2.33. The molecule has 0 fully saturated rings. The van der Waals surface area contributed by atoms with Crippen molar-refractivity contribution in [1.82, 2.24) is 5.32 Å². The molecule has 0 aliphatic carbocycles. The van der Waals surface area contributed by atoms with Gasteiger partial charge in [0.05, 0.1) is 110 Å². The summed E-state index contributed by atoms with van der Waals surface area (Å²) >= 11 is 0. The summed E-state index contributed by atoms with van der Waals surface area (Å²) in [5, 5.41) is 2.93. The molecule has 0 rings (SSSR count). The zero-order valence-corrected chi connectivity index (χ0v) is 43.5. The Morgan fingerprint density at radius 1 is 0.548 bits per heavy atom. The van der Waals surface area contributed by atoms with Crippen LogP contribution >= 0.6 is 0 Å². The van der Waals surface area contributed by atoms with Gasteiger partial charge >= 0.3 is 11.9 Å². The molecule has 0 aromatic rings. The number of amides is 1. The highest BCUT2D eigenvalue weighted by Crippen LogP contribution is 2.23. The number of hydrogen-bond acceptors (Lipinski definition) is 14. The number of nitrogens with zero attached hydrogens (tertiary/aromatic N) is 3. The van der Waals surface area contributed by atoms with Crippen molar-refractivity contribution in [1.29, 1.82) is 0 Å². The second-order valence-electron chi connectivity index (χ2n) is 20.3. The van der Waals surface area contributed by atoms with Crippen molar-refractivity contribution >= 4 is 48.2 Å². The van der Waals surface area contributed by atoms with Crippen LogP contribution in [0.4, 0.5) is 0 Å². The average Bonchev–Trinajstić information content (AvgIpc) is 3.07. The minimum absolute atomic E-state index is 0.0627. The molecule has 18 nitrogen and oxygen atoms in total. The van der Waals surface area contributed by atoms with E-state index < -0.39 is 41.2 Å². The van der Waals surface area contributed by atoms with Gasteiger partial charge in [-0.25, -0.2) is 25.3 Å². The third-order valence-corrected chi connectivity index (χ3v) is 13.6. The van der Waals surface area contributed by atoms with Crippen LogP contribution in [0.1, 0.15) is 108 Å². The summed E-state index contributed by atoms with van der Waals surface area (Å²) in [5.74, 6) is -1.63. The molecule has 0 heterocycles. The minimum atomic E-state index is -4.20. The molecule has 0 saturated heterocycles. The quantitative estimate of drug-likeness (QED) is 0.0512. The van der Waals surface area contributed by atoms with E-state index in [9.17, 15) is 53.3 Å².